The maximum absolute atomic E-state index is 10.1. The first-order chi connectivity index (χ1) is 8.08. The summed E-state index contributed by atoms with van der Waals surface area (Å²) < 4.78 is 5.78. The Morgan fingerprint density at radius 1 is 1.35 bits per heavy atom. The summed E-state index contributed by atoms with van der Waals surface area (Å²) in [5, 5.41) is 20.8. The molecule has 1 saturated heterocycles. The number of rotatable bonds is 2. The van der Waals surface area contributed by atoms with E-state index < -0.39 is 12.2 Å². The zero-order chi connectivity index (χ0) is 12.6. The predicted molar refractivity (Wildman–Crippen MR) is 68.1 cm³/mol. The number of fused-ring (bicyclic) bond motifs is 1. The number of hydrogen-bond acceptors (Lipinski definition) is 6. The maximum Gasteiger partial charge on any atom is 0.162 e. The largest absolute Gasteiger partial charge is 0.388 e. The lowest BCUT2D eigenvalue weighted by atomic mass is 9.97. The zero-order valence-corrected chi connectivity index (χ0v) is 11.2. The van der Waals surface area contributed by atoms with Gasteiger partial charge in [-0.3, -0.25) is 4.99 Å². The number of aliphatic imine (C=N–C) groups is 1. The van der Waals surface area contributed by atoms with Crippen molar-refractivity contribution in [1.82, 2.24) is 4.90 Å². The van der Waals surface area contributed by atoms with Crippen LogP contribution in [0, 0.1) is 0 Å². The molecule has 2 aliphatic heterocycles. The highest BCUT2D eigenvalue weighted by atomic mass is 32.2. The predicted octanol–water partition coefficient (Wildman–Crippen LogP) is 0.266. The van der Waals surface area contributed by atoms with Gasteiger partial charge in [-0.05, 0) is 13.3 Å². The van der Waals surface area contributed by atoms with Crippen molar-refractivity contribution in [2.24, 2.45) is 4.99 Å². The van der Waals surface area contributed by atoms with Crippen LogP contribution in [0.25, 0.3) is 0 Å². The minimum Gasteiger partial charge on any atom is -0.388 e. The molecule has 1 fully saturated rings. The second kappa shape index (κ2) is 5.14. The number of thioether (sulfide) groups is 1. The molecule has 0 spiro atoms. The number of nitrogens with zero attached hydrogens (tertiary/aromatic N) is 2. The number of hydrogen-bond donors (Lipinski definition) is 2. The fourth-order valence-electron chi connectivity index (χ4n) is 2.07. The molecular weight excluding hydrogens is 240 g/mol. The van der Waals surface area contributed by atoms with E-state index in [1.54, 1.807) is 0 Å². The summed E-state index contributed by atoms with van der Waals surface area (Å²) in [7, 11) is 1.96. The molecular formula is C11H20N2O3S. The third-order valence-electron chi connectivity index (χ3n) is 3.35. The summed E-state index contributed by atoms with van der Waals surface area (Å²) in [6.07, 6.45) is -1.26. The van der Waals surface area contributed by atoms with Gasteiger partial charge in [-0.2, -0.15) is 0 Å². The number of aliphatic hydroxyl groups excluding tert-OH is 2. The SMILES string of the molecule is CCC1OC2SC(N(C)CC)=NC2C(O)[C@@H]1O. The Kier molecular flexibility index (Phi) is 3.97. The van der Waals surface area contributed by atoms with Crippen molar-refractivity contribution in [3.63, 3.8) is 0 Å². The van der Waals surface area contributed by atoms with Crippen LogP contribution in [0.1, 0.15) is 20.3 Å². The van der Waals surface area contributed by atoms with Crippen LogP contribution in [0.5, 0.6) is 0 Å². The summed E-state index contributed by atoms with van der Waals surface area (Å²) in [5.74, 6) is 0. The molecule has 17 heavy (non-hydrogen) atoms. The van der Waals surface area contributed by atoms with Gasteiger partial charge in [0.2, 0.25) is 0 Å². The standard InChI is InChI=1S/C11H20N2O3S/c1-4-6-8(14)9(15)7-10(16-6)17-11(12-7)13(3)5-2/h6-10,14-15H,4-5H2,1-3H3/t6?,7?,8-,9?,10?/m1/s1. The number of amidine groups is 1. The lowest BCUT2D eigenvalue weighted by Gasteiger charge is -2.37. The Hall–Kier alpha value is -0.300. The Labute approximate surface area is 106 Å². The molecule has 2 rings (SSSR count). The lowest BCUT2D eigenvalue weighted by molar-refractivity contribution is -0.153. The molecule has 0 bridgehead atoms. The van der Waals surface area contributed by atoms with E-state index in [0.29, 0.717) is 6.42 Å². The molecule has 0 aliphatic carbocycles. The molecule has 0 radical (unpaired) electrons. The van der Waals surface area contributed by atoms with Gasteiger partial charge < -0.3 is 19.8 Å². The fraction of sp³-hybridized carbons (Fsp3) is 0.909. The molecule has 0 saturated carbocycles. The van der Waals surface area contributed by atoms with Crippen molar-refractivity contribution >= 4 is 16.9 Å². The molecule has 4 unspecified atom stereocenters. The molecule has 5 atom stereocenters. The molecule has 0 aromatic rings. The van der Waals surface area contributed by atoms with Gasteiger partial charge in [-0.25, -0.2) is 0 Å². The quantitative estimate of drug-likeness (QED) is 0.746. The first-order valence-electron chi connectivity index (χ1n) is 6.05. The summed E-state index contributed by atoms with van der Waals surface area (Å²) in [5.41, 5.74) is -0.164. The van der Waals surface area contributed by atoms with Gasteiger partial charge in [0.05, 0.1) is 6.10 Å². The van der Waals surface area contributed by atoms with Crippen molar-refractivity contribution in [1.29, 1.82) is 0 Å². The highest BCUT2D eigenvalue weighted by molar-refractivity contribution is 8.14. The molecule has 2 N–H and O–H groups in total. The highest BCUT2D eigenvalue weighted by Gasteiger charge is 2.47. The van der Waals surface area contributed by atoms with Crippen LogP contribution >= 0.6 is 11.8 Å². The summed E-state index contributed by atoms with van der Waals surface area (Å²) in [6, 6.07) is -0.346. The van der Waals surface area contributed by atoms with Crippen LogP contribution in [0.4, 0.5) is 0 Å². The van der Waals surface area contributed by atoms with Crippen LogP contribution in [0.3, 0.4) is 0 Å². The molecule has 0 aromatic heterocycles. The van der Waals surface area contributed by atoms with Crippen molar-refractivity contribution in [2.45, 2.75) is 50.1 Å². The molecule has 0 aromatic carbocycles. The van der Waals surface area contributed by atoms with E-state index in [1.807, 2.05) is 25.8 Å². The molecule has 98 valence electrons. The van der Waals surface area contributed by atoms with Crippen LogP contribution in [-0.2, 0) is 4.74 Å². The van der Waals surface area contributed by atoms with E-state index in [0.717, 1.165) is 11.7 Å². The Morgan fingerprint density at radius 2 is 2.06 bits per heavy atom. The van der Waals surface area contributed by atoms with E-state index in [2.05, 4.69) is 4.99 Å². The zero-order valence-electron chi connectivity index (χ0n) is 10.4. The van der Waals surface area contributed by atoms with E-state index >= 15 is 0 Å². The lowest BCUT2D eigenvalue weighted by Crippen LogP contribution is -2.54. The van der Waals surface area contributed by atoms with Gasteiger partial charge in [0.15, 0.2) is 5.17 Å². The smallest absolute Gasteiger partial charge is 0.162 e. The van der Waals surface area contributed by atoms with Crippen LogP contribution < -0.4 is 0 Å². The Bertz CT molecular complexity index is 313. The molecule has 5 nitrogen and oxygen atoms in total. The average Bonchev–Trinajstić information content (AvgIpc) is 2.76. The molecule has 0 amide bonds. The molecule has 6 heteroatoms. The van der Waals surface area contributed by atoms with E-state index in [-0.39, 0.29) is 17.6 Å². The summed E-state index contributed by atoms with van der Waals surface area (Å²) in [6.45, 7) is 4.85. The highest BCUT2D eigenvalue weighted by Crippen LogP contribution is 2.37. The molecule has 2 heterocycles. The Morgan fingerprint density at radius 3 is 2.65 bits per heavy atom. The second-order valence-electron chi connectivity index (χ2n) is 4.47. The monoisotopic (exact) mass is 260 g/mol. The van der Waals surface area contributed by atoms with Gasteiger partial charge in [-0.1, -0.05) is 18.7 Å². The second-order valence-corrected chi connectivity index (χ2v) is 5.53. The van der Waals surface area contributed by atoms with Crippen molar-refractivity contribution < 1.29 is 14.9 Å². The molecule has 2 aliphatic rings. The third-order valence-corrected chi connectivity index (χ3v) is 4.60. The minimum absolute atomic E-state index is 0.164. The van der Waals surface area contributed by atoms with Crippen LogP contribution in [0.2, 0.25) is 0 Å². The third kappa shape index (κ3) is 2.31. The maximum atomic E-state index is 10.1. The van der Waals surface area contributed by atoms with Crippen LogP contribution in [-0.4, -0.2) is 63.7 Å². The summed E-state index contributed by atoms with van der Waals surface area (Å²) in [4.78, 5) is 6.47. The topological polar surface area (TPSA) is 65.3 Å². The number of ether oxygens (including phenoxy) is 1. The normalized spacial score (nSPS) is 41.0. The van der Waals surface area contributed by atoms with E-state index in [1.165, 1.54) is 11.8 Å². The first-order valence-corrected chi connectivity index (χ1v) is 6.93. The van der Waals surface area contributed by atoms with Gasteiger partial charge in [-0.15, -0.1) is 0 Å². The van der Waals surface area contributed by atoms with E-state index in [9.17, 15) is 10.2 Å². The fourth-order valence-corrected chi connectivity index (χ4v) is 3.33. The van der Waals surface area contributed by atoms with Crippen molar-refractivity contribution in [3.8, 4) is 0 Å². The van der Waals surface area contributed by atoms with Gasteiger partial charge >= 0.3 is 0 Å². The number of aliphatic hydroxyl groups is 2. The average molecular weight is 260 g/mol. The van der Waals surface area contributed by atoms with Crippen molar-refractivity contribution in [3.05, 3.63) is 0 Å². The van der Waals surface area contributed by atoms with Gasteiger partial charge in [0.1, 0.15) is 23.7 Å². The Balaban J connectivity index is 2.12. The minimum atomic E-state index is -0.836. The van der Waals surface area contributed by atoms with E-state index in [4.69, 9.17) is 4.74 Å². The summed E-state index contributed by atoms with van der Waals surface area (Å²) >= 11 is 1.53. The van der Waals surface area contributed by atoms with Gasteiger partial charge in [0, 0.05) is 13.6 Å². The van der Waals surface area contributed by atoms with Gasteiger partial charge in [0.25, 0.3) is 0 Å². The van der Waals surface area contributed by atoms with Crippen molar-refractivity contribution in [2.75, 3.05) is 13.6 Å². The first kappa shape index (κ1) is 13.1. The van der Waals surface area contributed by atoms with Crippen LogP contribution in [0.15, 0.2) is 4.99 Å².